The molecule has 3 aromatic rings. The molecule has 0 aliphatic heterocycles. The third-order valence-corrected chi connectivity index (χ3v) is 7.70. The van der Waals surface area contributed by atoms with E-state index >= 15 is 0 Å². The Bertz CT molecular complexity index is 1020. The lowest BCUT2D eigenvalue weighted by molar-refractivity contribution is -0.149. The van der Waals surface area contributed by atoms with Crippen LogP contribution in [-0.4, -0.2) is 49.2 Å². The molecule has 3 aromatic carbocycles. The van der Waals surface area contributed by atoms with Gasteiger partial charge in [-0.25, -0.2) is 0 Å². The Hall–Kier alpha value is -3.09. The molecule has 0 aromatic heterocycles. The van der Waals surface area contributed by atoms with Crippen LogP contribution >= 0.6 is 0 Å². The zero-order valence-corrected chi connectivity index (χ0v) is 21.5. The summed E-state index contributed by atoms with van der Waals surface area (Å²) in [7, 11) is -0.183. The first-order chi connectivity index (χ1) is 17.0. The largest absolute Gasteiger partial charge is 0.465 e. The van der Waals surface area contributed by atoms with E-state index < -0.39 is 0 Å². The standard InChI is InChI=1S/C29H34NO4S/c1-4-33-28(31)21-30(23(2)3)22-29(32)34-20-19-24-15-17-27(18-16-24)35(25-11-7-5-8-12-25)26-13-9-6-10-14-26/h5-18,23H,4,19-22H2,1-3H3/q+1. The number of esters is 2. The predicted molar refractivity (Wildman–Crippen MR) is 139 cm³/mol. The fourth-order valence-corrected chi connectivity index (χ4v) is 5.68. The summed E-state index contributed by atoms with van der Waals surface area (Å²) in [4.78, 5) is 29.7. The van der Waals surface area contributed by atoms with Crippen molar-refractivity contribution in [2.45, 2.75) is 47.9 Å². The highest BCUT2D eigenvalue weighted by molar-refractivity contribution is 7.97. The van der Waals surface area contributed by atoms with E-state index in [0.717, 1.165) is 5.56 Å². The lowest BCUT2D eigenvalue weighted by Crippen LogP contribution is -2.40. The minimum absolute atomic E-state index is 0.0301. The Morgan fingerprint density at radius 2 is 1.23 bits per heavy atom. The van der Waals surface area contributed by atoms with E-state index in [0.29, 0.717) is 19.6 Å². The maximum Gasteiger partial charge on any atom is 0.320 e. The second kappa shape index (κ2) is 13.7. The molecule has 3 rings (SSSR count). The third-order valence-electron chi connectivity index (χ3n) is 5.47. The van der Waals surface area contributed by atoms with Crippen molar-refractivity contribution < 1.29 is 19.1 Å². The van der Waals surface area contributed by atoms with Crippen LogP contribution in [0.3, 0.4) is 0 Å². The number of benzene rings is 3. The van der Waals surface area contributed by atoms with Crippen molar-refractivity contribution in [3.8, 4) is 0 Å². The molecule has 0 unspecified atom stereocenters. The van der Waals surface area contributed by atoms with Crippen molar-refractivity contribution in [2.75, 3.05) is 26.3 Å². The minimum Gasteiger partial charge on any atom is -0.465 e. The van der Waals surface area contributed by atoms with Crippen molar-refractivity contribution in [1.82, 2.24) is 4.90 Å². The molecule has 0 radical (unpaired) electrons. The SMILES string of the molecule is CCOC(=O)CN(CC(=O)OCCc1ccc([S+](c2ccccc2)c2ccccc2)cc1)C(C)C. The van der Waals surface area contributed by atoms with Crippen LogP contribution in [-0.2, 0) is 36.4 Å². The van der Waals surface area contributed by atoms with Gasteiger partial charge in [-0.15, -0.1) is 0 Å². The summed E-state index contributed by atoms with van der Waals surface area (Å²) in [5, 5.41) is 0. The lowest BCUT2D eigenvalue weighted by atomic mass is 10.2. The Labute approximate surface area is 211 Å². The van der Waals surface area contributed by atoms with Crippen LogP contribution in [0.15, 0.2) is 99.6 Å². The summed E-state index contributed by atoms with van der Waals surface area (Å²) in [5.74, 6) is -0.673. The smallest absolute Gasteiger partial charge is 0.320 e. The molecule has 184 valence electrons. The van der Waals surface area contributed by atoms with Crippen molar-refractivity contribution in [1.29, 1.82) is 0 Å². The predicted octanol–water partition coefficient (Wildman–Crippen LogP) is 5.14. The molecule has 5 nitrogen and oxygen atoms in total. The maximum absolute atomic E-state index is 12.3. The first-order valence-corrected chi connectivity index (χ1v) is 13.2. The minimum atomic E-state index is -0.339. The van der Waals surface area contributed by atoms with Crippen LogP contribution in [0.2, 0.25) is 0 Å². The quantitative estimate of drug-likeness (QED) is 0.259. The fourth-order valence-electron chi connectivity index (χ4n) is 3.60. The van der Waals surface area contributed by atoms with Gasteiger partial charge in [-0.1, -0.05) is 48.5 Å². The van der Waals surface area contributed by atoms with E-state index in [4.69, 9.17) is 9.47 Å². The van der Waals surface area contributed by atoms with Gasteiger partial charge in [-0.05, 0) is 62.7 Å². The normalized spacial score (nSPS) is 11.1. The Kier molecular flexibility index (Phi) is 10.4. The average molecular weight is 493 g/mol. The Morgan fingerprint density at radius 3 is 1.71 bits per heavy atom. The summed E-state index contributed by atoms with van der Waals surface area (Å²) in [6.45, 7) is 6.40. The molecular weight excluding hydrogens is 458 g/mol. The number of nitrogens with zero attached hydrogens (tertiary/aromatic N) is 1. The van der Waals surface area contributed by atoms with Crippen LogP contribution in [0.25, 0.3) is 0 Å². The number of carbonyl (C=O) groups is 2. The second-order valence-electron chi connectivity index (χ2n) is 8.35. The summed E-state index contributed by atoms with van der Waals surface area (Å²) < 4.78 is 10.4. The van der Waals surface area contributed by atoms with Gasteiger partial charge >= 0.3 is 11.9 Å². The van der Waals surface area contributed by atoms with Gasteiger partial charge in [-0.3, -0.25) is 14.5 Å². The lowest BCUT2D eigenvalue weighted by Gasteiger charge is -2.24. The number of hydrogen-bond donors (Lipinski definition) is 0. The highest BCUT2D eigenvalue weighted by atomic mass is 32.2. The first-order valence-electron chi connectivity index (χ1n) is 12.0. The summed E-state index contributed by atoms with van der Waals surface area (Å²) in [6, 6.07) is 29.7. The van der Waals surface area contributed by atoms with Gasteiger partial charge in [-0.2, -0.15) is 0 Å². The zero-order chi connectivity index (χ0) is 25.0. The van der Waals surface area contributed by atoms with E-state index in [1.807, 2.05) is 26.0 Å². The van der Waals surface area contributed by atoms with Gasteiger partial charge < -0.3 is 9.47 Å². The van der Waals surface area contributed by atoms with E-state index in [9.17, 15) is 9.59 Å². The molecule has 35 heavy (non-hydrogen) atoms. The molecule has 0 spiro atoms. The summed E-state index contributed by atoms with van der Waals surface area (Å²) >= 11 is 0. The van der Waals surface area contributed by atoms with E-state index in [1.54, 1.807) is 11.8 Å². The Balaban J connectivity index is 1.58. The van der Waals surface area contributed by atoms with Gasteiger partial charge in [0.15, 0.2) is 14.7 Å². The summed E-state index contributed by atoms with van der Waals surface area (Å²) in [6.07, 6.45) is 0.635. The highest BCUT2D eigenvalue weighted by Gasteiger charge is 2.28. The van der Waals surface area contributed by atoms with Gasteiger partial charge in [0.25, 0.3) is 0 Å². The van der Waals surface area contributed by atoms with Crippen molar-refractivity contribution >= 4 is 22.8 Å². The number of carbonyl (C=O) groups excluding carboxylic acids is 2. The molecule has 0 atom stereocenters. The molecule has 0 bridgehead atoms. The van der Waals surface area contributed by atoms with Gasteiger partial charge in [0, 0.05) is 12.5 Å². The maximum atomic E-state index is 12.3. The number of hydrogen-bond acceptors (Lipinski definition) is 5. The van der Waals surface area contributed by atoms with Gasteiger partial charge in [0.1, 0.15) is 0 Å². The van der Waals surface area contributed by atoms with Crippen LogP contribution < -0.4 is 0 Å². The van der Waals surface area contributed by atoms with E-state index in [2.05, 4.69) is 72.8 Å². The zero-order valence-electron chi connectivity index (χ0n) is 20.7. The molecule has 0 aliphatic rings. The van der Waals surface area contributed by atoms with Crippen LogP contribution in [0.1, 0.15) is 26.3 Å². The van der Waals surface area contributed by atoms with Gasteiger partial charge in [0.05, 0.1) is 37.2 Å². The molecule has 0 amide bonds. The second-order valence-corrected chi connectivity index (χ2v) is 10.4. The fraction of sp³-hybridized carbons (Fsp3) is 0.310. The monoisotopic (exact) mass is 492 g/mol. The van der Waals surface area contributed by atoms with E-state index in [1.165, 1.54) is 14.7 Å². The third kappa shape index (κ3) is 8.26. The Morgan fingerprint density at radius 1 is 0.743 bits per heavy atom. The molecular formula is C29H34NO4S+. The molecule has 0 heterocycles. The molecule has 0 fully saturated rings. The topological polar surface area (TPSA) is 55.8 Å². The number of ether oxygens (including phenoxy) is 2. The number of rotatable bonds is 12. The van der Waals surface area contributed by atoms with Crippen molar-refractivity contribution in [3.05, 3.63) is 90.5 Å². The molecule has 6 heteroatoms. The van der Waals surface area contributed by atoms with Crippen molar-refractivity contribution in [3.63, 3.8) is 0 Å². The molecule has 0 saturated carbocycles. The highest BCUT2D eigenvalue weighted by Crippen LogP contribution is 2.31. The average Bonchev–Trinajstić information content (AvgIpc) is 2.86. The van der Waals surface area contributed by atoms with Gasteiger partial charge in [0.2, 0.25) is 0 Å². The summed E-state index contributed by atoms with van der Waals surface area (Å²) in [5.41, 5.74) is 1.11. The first kappa shape index (κ1) is 26.5. The molecule has 0 saturated heterocycles. The molecule has 0 N–H and O–H groups in total. The van der Waals surface area contributed by atoms with Crippen molar-refractivity contribution in [2.24, 2.45) is 0 Å². The molecule has 0 aliphatic carbocycles. The van der Waals surface area contributed by atoms with Crippen LogP contribution in [0.5, 0.6) is 0 Å². The van der Waals surface area contributed by atoms with Crippen LogP contribution in [0.4, 0.5) is 0 Å². The van der Waals surface area contributed by atoms with E-state index in [-0.39, 0.29) is 42.0 Å². The van der Waals surface area contributed by atoms with Crippen LogP contribution in [0, 0.1) is 0 Å².